The van der Waals surface area contributed by atoms with Crippen molar-refractivity contribution in [1.29, 1.82) is 0 Å². The predicted molar refractivity (Wildman–Crippen MR) is 73.7 cm³/mol. The third kappa shape index (κ3) is 3.13. The largest absolute Gasteiger partial charge is 0.478 e. The Morgan fingerprint density at radius 3 is 2.50 bits per heavy atom. The van der Waals surface area contributed by atoms with Crippen molar-refractivity contribution in [1.82, 2.24) is 4.90 Å². The minimum atomic E-state index is -0.969. The molecule has 1 aromatic carbocycles. The van der Waals surface area contributed by atoms with Crippen molar-refractivity contribution in [2.45, 2.75) is 26.3 Å². The van der Waals surface area contributed by atoms with E-state index in [-0.39, 0.29) is 5.56 Å². The fourth-order valence-electron chi connectivity index (χ4n) is 1.70. The van der Waals surface area contributed by atoms with Gasteiger partial charge in [-0.25, -0.2) is 4.79 Å². The Balaban J connectivity index is 2.99. The SMILES string of the molecule is CC(C)N(C)CCc1c(C(=O)O)ccc(N)c1N. The second kappa shape index (κ2) is 5.73. The van der Waals surface area contributed by atoms with Gasteiger partial charge in [0.15, 0.2) is 0 Å². The van der Waals surface area contributed by atoms with Crippen LogP contribution in [0.2, 0.25) is 0 Å². The molecule has 5 nitrogen and oxygen atoms in total. The van der Waals surface area contributed by atoms with Crippen LogP contribution in [0.4, 0.5) is 11.4 Å². The Morgan fingerprint density at radius 2 is 2.00 bits per heavy atom. The van der Waals surface area contributed by atoms with Gasteiger partial charge in [-0.3, -0.25) is 0 Å². The van der Waals surface area contributed by atoms with Crippen LogP contribution in [0.15, 0.2) is 12.1 Å². The molecule has 1 aromatic rings. The number of hydrogen-bond donors (Lipinski definition) is 3. The fraction of sp³-hybridized carbons (Fsp3) is 0.462. The number of nitrogens with zero attached hydrogens (tertiary/aromatic N) is 1. The molecule has 0 heterocycles. The zero-order chi connectivity index (χ0) is 13.9. The number of benzene rings is 1. The average Bonchev–Trinajstić information content (AvgIpc) is 2.29. The summed E-state index contributed by atoms with van der Waals surface area (Å²) in [6.07, 6.45) is 0.577. The highest BCUT2D eigenvalue weighted by Crippen LogP contribution is 2.24. The van der Waals surface area contributed by atoms with Crippen LogP contribution in [-0.2, 0) is 6.42 Å². The van der Waals surface area contributed by atoms with E-state index < -0.39 is 5.97 Å². The highest BCUT2D eigenvalue weighted by atomic mass is 16.4. The summed E-state index contributed by atoms with van der Waals surface area (Å²) in [5.41, 5.74) is 13.3. The Kier molecular flexibility index (Phi) is 4.55. The minimum absolute atomic E-state index is 0.235. The van der Waals surface area contributed by atoms with Gasteiger partial charge in [0.05, 0.1) is 16.9 Å². The Hall–Kier alpha value is -1.75. The quantitative estimate of drug-likeness (QED) is 0.688. The molecule has 0 aliphatic rings. The standard InChI is InChI=1S/C13H21N3O2/c1-8(2)16(3)7-6-9-10(13(17)18)4-5-11(14)12(9)15/h4-5,8H,6-7,14-15H2,1-3H3,(H,17,18). The first-order valence-corrected chi connectivity index (χ1v) is 5.95. The molecule has 0 aliphatic heterocycles. The summed E-state index contributed by atoms with van der Waals surface area (Å²) >= 11 is 0. The molecule has 0 saturated carbocycles. The van der Waals surface area contributed by atoms with Crippen molar-refractivity contribution < 1.29 is 9.90 Å². The maximum atomic E-state index is 11.2. The lowest BCUT2D eigenvalue weighted by Crippen LogP contribution is -2.29. The van der Waals surface area contributed by atoms with Crippen LogP contribution in [0.1, 0.15) is 29.8 Å². The maximum absolute atomic E-state index is 11.2. The molecule has 5 heteroatoms. The molecule has 5 N–H and O–H groups in total. The number of carboxylic acids is 1. The lowest BCUT2D eigenvalue weighted by Gasteiger charge is -2.22. The van der Waals surface area contributed by atoms with Gasteiger partial charge in [-0.2, -0.15) is 0 Å². The highest BCUT2D eigenvalue weighted by Gasteiger charge is 2.15. The van der Waals surface area contributed by atoms with Gasteiger partial charge in [-0.1, -0.05) is 0 Å². The van der Waals surface area contributed by atoms with E-state index in [9.17, 15) is 4.79 Å². The summed E-state index contributed by atoms with van der Waals surface area (Å²) in [5.74, 6) is -0.969. The molecule has 18 heavy (non-hydrogen) atoms. The van der Waals surface area contributed by atoms with E-state index in [0.717, 1.165) is 6.54 Å². The summed E-state index contributed by atoms with van der Waals surface area (Å²) in [4.78, 5) is 13.3. The predicted octanol–water partition coefficient (Wildman–Crippen LogP) is 1.43. The minimum Gasteiger partial charge on any atom is -0.478 e. The fourth-order valence-corrected chi connectivity index (χ4v) is 1.70. The van der Waals surface area contributed by atoms with E-state index in [1.165, 1.54) is 12.1 Å². The van der Waals surface area contributed by atoms with Gasteiger partial charge < -0.3 is 21.5 Å². The van der Waals surface area contributed by atoms with Crippen LogP contribution >= 0.6 is 0 Å². The van der Waals surface area contributed by atoms with Crippen LogP contribution in [0.5, 0.6) is 0 Å². The average molecular weight is 251 g/mol. The van der Waals surface area contributed by atoms with Crippen molar-refractivity contribution >= 4 is 17.3 Å². The molecular weight excluding hydrogens is 230 g/mol. The number of carboxylic acid groups (broad SMARTS) is 1. The van der Waals surface area contributed by atoms with Crippen molar-refractivity contribution in [2.75, 3.05) is 25.1 Å². The molecule has 100 valence electrons. The summed E-state index contributed by atoms with van der Waals surface area (Å²) < 4.78 is 0. The van der Waals surface area contributed by atoms with Gasteiger partial charge in [-0.05, 0) is 45.0 Å². The molecule has 0 fully saturated rings. The molecule has 0 unspecified atom stereocenters. The summed E-state index contributed by atoms with van der Waals surface area (Å²) in [7, 11) is 1.99. The van der Waals surface area contributed by atoms with Crippen molar-refractivity contribution in [3.05, 3.63) is 23.3 Å². The number of carbonyl (C=O) groups is 1. The van der Waals surface area contributed by atoms with Crippen LogP contribution in [0.3, 0.4) is 0 Å². The molecule has 0 aliphatic carbocycles. The molecule has 1 rings (SSSR count). The molecule has 0 aromatic heterocycles. The second-order valence-electron chi connectivity index (χ2n) is 4.72. The van der Waals surface area contributed by atoms with Crippen molar-refractivity contribution in [3.63, 3.8) is 0 Å². The van der Waals surface area contributed by atoms with Crippen LogP contribution < -0.4 is 11.5 Å². The number of anilines is 2. The van der Waals surface area contributed by atoms with Gasteiger partial charge in [0, 0.05) is 12.6 Å². The Bertz CT molecular complexity index is 444. The maximum Gasteiger partial charge on any atom is 0.336 e. The Morgan fingerprint density at radius 1 is 1.39 bits per heavy atom. The number of hydrogen-bond acceptors (Lipinski definition) is 4. The first kappa shape index (κ1) is 14.3. The van der Waals surface area contributed by atoms with Gasteiger partial charge in [0.1, 0.15) is 0 Å². The highest BCUT2D eigenvalue weighted by molar-refractivity contribution is 5.93. The number of rotatable bonds is 5. The molecule has 0 saturated heterocycles. The van der Waals surface area contributed by atoms with E-state index in [2.05, 4.69) is 18.7 Å². The second-order valence-corrected chi connectivity index (χ2v) is 4.72. The lowest BCUT2D eigenvalue weighted by atomic mass is 10.0. The molecular formula is C13H21N3O2. The first-order chi connectivity index (χ1) is 8.34. The van der Waals surface area contributed by atoms with Gasteiger partial charge in [0.25, 0.3) is 0 Å². The Labute approximate surface area is 107 Å². The monoisotopic (exact) mass is 251 g/mol. The summed E-state index contributed by atoms with van der Waals surface area (Å²) in [5, 5.41) is 9.15. The molecule has 0 spiro atoms. The smallest absolute Gasteiger partial charge is 0.336 e. The normalized spacial score (nSPS) is 11.2. The van der Waals surface area contributed by atoms with Crippen molar-refractivity contribution in [2.24, 2.45) is 0 Å². The van der Waals surface area contributed by atoms with Gasteiger partial charge in [0.2, 0.25) is 0 Å². The van der Waals surface area contributed by atoms with E-state index in [1.54, 1.807) is 0 Å². The molecule has 0 atom stereocenters. The lowest BCUT2D eigenvalue weighted by molar-refractivity contribution is 0.0695. The molecule has 0 amide bonds. The zero-order valence-corrected chi connectivity index (χ0v) is 11.1. The number of aromatic carboxylic acids is 1. The van der Waals surface area contributed by atoms with E-state index in [1.807, 2.05) is 7.05 Å². The third-order valence-corrected chi connectivity index (χ3v) is 3.22. The molecule has 0 bridgehead atoms. The van der Waals surface area contributed by atoms with Crippen LogP contribution in [-0.4, -0.2) is 35.6 Å². The van der Waals surface area contributed by atoms with E-state index in [4.69, 9.17) is 16.6 Å². The zero-order valence-electron chi connectivity index (χ0n) is 11.1. The van der Waals surface area contributed by atoms with Crippen LogP contribution in [0, 0.1) is 0 Å². The first-order valence-electron chi connectivity index (χ1n) is 5.95. The number of nitrogens with two attached hydrogens (primary N) is 2. The third-order valence-electron chi connectivity index (χ3n) is 3.22. The van der Waals surface area contributed by atoms with E-state index in [0.29, 0.717) is 29.4 Å². The number of nitrogen functional groups attached to an aromatic ring is 2. The van der Waals surface area contributed by atoms with Gasteiger partial charge >= 0.3 is 5.97 Å². The van der Waals surface area contributed by atoms with Crippen molar-refractivity contribution in [3.8, 4) is 0 Å². The molecule has 0 radical (unpaired) electrons. The summed E-state index contributed by atoms with van der Waals surface area (Å²) in [6, 6.07) is 3.45. The van der Waals surface area contributed by atoms with Gasteiger partial charge in [-0.15, -0.1) is 0 Å². The van der Waals surface area contributed by atoms with E-state index >= 15 is 0 Å². The van der Waals surface area contributed by atoms with Crippen LogP contribution in [0.25, 0.3) is 0 Å². The topological polar surface area (TPSA) is 92.6 Å². The number of likely N-dealkylation sites (N-methyl/N-ethyl adjacent to an activating group) is 1. The summed E-state index contributed by atoms with van der Waals surface area (Å²) in [6.45, 7) is 4.91.